The van der Waals surface area contributed by atoms with Gasteiger partial charge in [-0.2, -0.15) is 0 Å². The molecule has 0 spiro atoms. The van der Waals surface area contributed by atoms with Crippen LogP contribution in [0.5, 0.6) is 0 Å². The lowest BCUT2D eigenvalue weighted by Gasteiger charge is -2.49. The second-order valence-electron chi connectivity index (χ2n) is 8.11. The minimum atomic E-state index is -1.18. The number of thiazole rings is 1. The van der Waals surface area contributed by atoms with Gasteiger partial charge in [-0.05, 0) is 11.6 Å². The molecule has 2 aliphatic heterocycles. The SMILES string of the molecule is CO/N=C(\C(=O)NC1C(=O)N2C(C(=O)O)=C(/C=C/C[N+](C)(C)C)CS[C@@H]12)c1csc(N)n1. The lowest BCUT2D eigenvalue weighted by atomic mass is 10.0. The van der Waals surface area contributed by atoms with Crippen LogP contribution in [0.15, 0.2) is 34.0 Å². The Morgan fingerprint density at radius 3 is 2.75 bits per heavy atom. The molecule has 1 fully saturated rings. The van der Waals surface area contributed by atoms with Gasteiger partial charge in [-0.25, -0.2) is 9.78 Å². The zero-order valence-electron chi connectivity index (χ0n) is 18.1. The Morgan fingerprint density at radius 1 is 1.47 bits per heavy atom. The molecule has 2 aliphatic rings. The van der Waals surface area contributed by atoms with Gasteiger partial charge in [0.25, 0.3) is 11.8 Å². The molecular weight excluding hydrogens is 456 g/mol. The molecule has 32 heavy (non-hydrogen) atoms. The zero-order chi connectivity index (χ0) is 23.6. The number of allylic oxidation sites excluding steroid dienone is 1. The third-order valence-corrected chi connectivity index (χ3v) is 6.60. The number of β-lactam (4-membered cyclic amide) rings is 1. The number of carbonyl (C=O) groups is 3. The summed E-state index contributed by atoms with van der Waals surface area (Å²) in [5, 5.41) is 17.3. The van der Waals surface area contributed by atoms with Gasteiger partial charge in [-0.1, -0.05) is 11.2 Å². The highest BCUT2D eigenvalue weighted by molar-refractivity contribution is 8.00. The van der Waals surface area contributed by atoms with E-state index in [1.807, 2.05) is 27.2 Å². The summed E-state index contributed by atoms with van der Waals surface area (Å²) < 4.78 is 0.689. The number of carboxylic acid groups (broad SMARTS) is 1. The second-order valence-corrected chi connectivity index (χ2v) is 10.1. The maximum Gasteiger partial charge on any atom is 0.352 e. The van der Waals surface area contributed by atoms with Crippen LogP contribution in [0.3, 0.4) is 0 Å². The molecule has 11 nitrogen and oxygen atoms in total. The molecule has 1 unspecified atom stereocenters. The molecule has 0 aromatic carbocycles. The van der Waals surface area contributed by atoms with E-state index in [-0.39, 0.29) is 22.2 Å². The molecule has 0 bridgehead atoms. The third kappa shape index (κ3) is 4.95. The van der Waals surface area contributed by atoms with Crippen molar-refractivity contribution in [3.8, 4) is 0 Å². The number of aromatic nitrogens is 1. The van der Waals surface area contributed by atoms with Crippen molar-refractivity contribution in [1.82, 2.24) is 15.2 Å². The number of nitrogens with zero attached hydrogens (tertiary/aromatic N) is 4. The minimum Gasteiger partial charge on any atom is -0.477 e. The second kappa shape index (κ2) is 9.30. The highest BCUT2D eigenvalue weighted by atomic mass is 32.2. The Morgan fingerprint density at radius 2 is 2.19 bits per heavy atom. The molecule has 0 radical (unpaired) electrons. The molecule has 1 aromatic heterocycles. The van der Waals surface area contributed by atoms with Gasteiger partial charge in [0.05, 0.1) is 27.7 Å². The normalized spacial score (nSPS) is 21.4. The standard InChI is InChI=1S/C19H24N6O5S2/c1-25(2,3)7-5-6-10-8-31-17-13(16(27)24(17)14(10)18(28)29)22-15(26)12(23-30-4)11-9-32-19(20)21-11/h5-6,9,13,17H,7-8H2,1-4H3,(H3-,20,21,22,26,28,29)/p+1/b6-5+,23-12-/t13?,17-/m0/s1. The molecule has 1 aromatic rings. The van der Waals surface area contributed by atoms with Crippen molar-refractivity contribution in [2.24, 2.45) is 5.16 Å². The van der Waals surface area contributed by atoms with Gasteiger partial charge in [0.1, 0.15) is 29.9 Å². The van der Waals surface area contributed by atoms with E-state index in [1.54, 1.807) is 11.5 Å². The lowest BCUT2D eigenvalue weighted by Crippen LogP contribution is -2.71. The Bertz CT molecular complexity index is 1030. The fraction of sp³-hybridized carbons (Fsp3) is 0.421. The number of aliphatic carboxylic acids is 1. The number of amides is 2. The van der Waals surface area contributed by atoms with Crippen LogP contribution in [0.25, 0.3) is 0 Å². The number of quaternary nitrogens is 1. The van der Waals surface area contributed by atoms with Gasteiger partial charge in [-0.15, -0.1) is 23.1 Å². The summed E-state index contributed by atoms with van der Waals surface area (Å²) in [4.78, 5) is 47.5. The molecule has 13 heteroatoms. The van der Waals surface area contributed by atoms with E-state index >= 15 is 0 Å². The molecule has 2 amide bonds. The quantitative estimate of drug-likeness (QED) is 0.205. The van der Waals surface area contributed by atoms with Gasteiger partial charge >= 0.3 is 5.97 Å². The van der Waals surface area contributed by atoms with Crippen LogP contribution in [-0.2, 0) is 19.2 Å². The van der Waals surface area contributed by atoms with Crippen LogP contribution >= 0.6 is 23.1 Å². The number of anilines is 1. The molecule has 172 valence electrons. The first-order valence-electron chi connectivity index (χ1n) is 9.55. The number of carboxylic acids is 1. The number of nitrogens with two attached hydrogens (primary N) is 1. The number of thioether (sulfide) groups is 1. The topological polar surface area (TPSA) is 147 Å². The molecule has 4 N–H and O–H groups in total. The monoisotopic (exact) mass is 481 g/mol. The maximum atomic E-state index is 12.8. The number of hydrogen-bond donors (Lipinski definition) is 3. The van der Waals surface area contributed by atoms with Crippen LogP contribution in [0, 0.1) is 0 Å². The van der Waals surface area contributed by atoms with Gasteiger partial charge in [0.2, 0.25) is 0 Å². The van der Waals surface area contributed by atoms with Crippen molar-refractivity contribution in [1.29, 1.82) is 0 Å². The van der Waals surface area contributed by atoms with Crippen molar-refractivity contribution in [3.05, 3.63) is 34.5 Å². The summed E-state index contributed by atoms with van der Waals surface area (Å²) in [6, 6.07) is -0.892. The largest absolute Gasteiger partial charge is 0.477 e. The minimum absolute atomic E-state index is 0.0556. The Labute approximate surface area is 193 Å². The number of hydrogen-bond acceptors (Lipinski definition) is 9. The molecule has 2 atom stereocenters. The first-order chi connectivity index (χ1) is 15.0. The number of fused-ring (bicyclic) bond motifs is 1. The van der Waals surface area contributed by atoms with E-state index in [0.717, 1.165) is 11.3 Å². The predicted molar refractivity (Wildman–Crippen MR) is 122 cm³/mol. The number of rotatable bonds is 8. The first-order valence-corrected chi connectivity index (χ1v) is 11.5. The van der Waals surface area contributed by atoms with Crippen molar-refractivity contribution >= 4 is 51.7 Å². The highest BCUT2D eigenvalue weighted by Gasteiger charge is 2.54. The van der Waals surface area contributed by atoms with Crippen molar-refractivity contribution in [3.63, 3.8) is 0 Å². The van der Waals surface area contributed by atoms with Gasteiger partial charge in [0.15, 0.2) is 10.8 Å². The molecule has 0 saturated carbocycles. The number of nitrogens with one attached hydrogen (secondary N) is 1. The fourth-order valence-electron chi connectivity index (χ4n) is 3.18. The van der Waals surface area contributed by atoms with Gasteiger partial charge < -0.3 is 25.5 Å². The van der Waals surface area contributed by atoms with Crippen LogP contribution in [-0.4, -0.2) is 94.9 Å². The van der Waals surface area contributed by atoms with Gasteiger partial charge in [0, 0.05) is 11.1 Å². The third-order valence-electron chi connectivity index (χ3n) is 4.62. The Hall–Kier alpha value is -2.90. The molecule has 1 saturated heterocycles. The van der Waals surface area contributed by atoms with Crippen LogP contribution < -0.4 is 11.1 Å². The molecule has 3 rings (SSSR count). The summed E-state index contributed by atoms with van der Waals surface area (Å²) in [5.74, 6) is -1.94. The van der Waals surface area contributed by atoms with E-state index in [0.29, 0.717) is 22.4 Å². The van der Waals surface area contributed by atoms with E-state index in [2.05, 4.69) is 15.5 Å². The van der Waals surface area contributed by atoms with E-state index < -0.39 is 29.2 Å². The fourth-order valence-corrected chi connectivity index (χ4v) is 5.05. The van der Waals surface area contributed by atoms with E-state index in [9.17, 15) is 19.5 Å². The molecule has 0 aliphatic carbocycles. The van der Waals surface area contributed by atoms with Crippen LogP contribution in [0.2, 0.25) is 0 Å². The lowest BCUT2D eigenvalue weighted by molar-refractivity contribution is -0.864. The summed E-state index contributed by atoms with van der Waals surface area (Å²) in [6.07, 6.45) is 3.65. The van der Waals surface area contributed by atoms with Crippen LogP contribution in [0.4, 0.5) is 5.13 Å². The predicted octanol–water partition coefficient (Wildman–Crippen LogP) is 0.0768. The summed E-state index contributed by atoms with van der Waals surface area (Å²) >= 11 is 2.52. The molecular formula is C19H25N6O5S2+. The summed E-state index contributed by atoms with van der Waals surface area (Å²) in [7, 11) is 7.36. The van der Waals surface area contributed by atoms with Gasteiger partial charge in [-0.3, -0.25) is 14.5 Å². The Kier molecular flexibility index (Phi) is 6.91. The molecule has 3 heterocycles. The van der Waals surface area contributed by atoms with Crippen molar-refractivity contribution < 1.29 is 28.8 Å². The smallest absolute Gasteiger partial charge is 0.352 e. The highest BCUT2D eigenvalue weighted by Crippen LogP contribution is 2.40. The van der Waals surface area contributed by atoms with E-state index in [4.69, 9.17) is 10.6 Å². The zero-order valence-corrected chi connectivity index (χ0v) is 19.7. The number of oxime groups is 1. The Balaban J connectivity index is 1.78. The average molecular weight is 482 g/mol. The number of likely N-dealkylation sites (N-methyl/N-ethyl adjacent to an activating group) is 1. The number of carbonyl (C=O) groups excluding carboxylic acids is 2. The first kappa shape index (κ1) is 23.8. The van der Waals surface area contributed by atoms with Crippen molar-refractivity contribution in [2.75, 3.05) is 46.3 Å². The summed E-state index contributed by atoms with van der Waals surface area (Å²) in [5.41, 5.74) is 6.23. The maximum absolute atomic E-state index is 12.8. The van der Waals surface area contributed by atoms with E-state index in [1.165, 1.54) is 23.8 Å². The van der Waals surface area contributed by atoms with Crippen LogP contribution in [0.1, 0.15) is 5.69 Å². The average Bonchev–Trinajstić information content (AvgIpc) is 3.14. The number of nitrogen functional groups attached to an aromatic ring is 1. The van der Waals surface area contributed by atoms with Crippen molar-refractivity contribution in [2.45, 2.75) is 11.4 Å². The summed E-state index contributed by atoms with van der Waals surface area (Å²) in [6.45, 7) is 0.708.